The van der Waals surface area contributed by atoms with Crippen molar-refractivity contribution in [2.24, 2.45) is 0 Å². The van der Waals surface area contributed by atoms with Crippen LogP contribution in [0.2, 0.25) is 0 Å². The van der Waals surface area contributed by atoms with Gasteiger partial charge in [0.05, 0.1) is 17.9 Å². The van der Waals surface area contributed by atoms with Gasteiger partial charge in [-0.3, -0.25) is 10.1 Å². The molecule has 0 saturated heterocycles. The van der Waals surface area contributed by atoms with Crippen LogP contribution in [-0.4, -0.2) is 29.1 Å². The minimum atomic E-state index is -4.43. The summed E-state index contributed by atoms with van der Waals surface area (Å²) in [6.07, 6.45) is -4.43. The van der Waals surface area contributed by atoms with Crippen LogP contribution >= 0.6 is 11.3 Å². The van der Waals surface area contributed by atoms with E-state index in [9.17, 15) is 18.0 Å². The molecular formula is C21H21F3N4O2S. The minimum absolute atomic E-state index is 0.00451. The average Bonchev–Trinajstić information content (AvgIpc) is 3.19. The van der Waals surface area contributed by atoms with Gasteiger partial charge in [-0.1, -0.05) is 24.3 Å². The van der Waals surface area contributed by atoms with Crippen molar-refractivity contribution in [3.8, 4) is 0 Å². The Morgan fingerprint density at radius 3 is 2.52 bits per heavy atom. The molecule has 0 atom stereocenters. The Balaban J connectivity index is 1.56. The average molecular weight is 450 g/mol. The first-order valence-electron chi connectivity index (χ1n) is 9.43. The number of thiazole rings is 1. The predicted molar refractivity (Wildman–Crippen MR) is 114 cm³/mol. The third-order valence-electron chi connectivity index (χ3n) is 4.30. The van der Waals surface area contributed by atoms with Crippen LogP contribution in [0.3, 0.4) is 0 Å². The molecule has 0 saturated carbocycles. The lowest BCUT2D eigenvalue weighted by Crippen LogP contribution is -2.17. The quantitative estimate of drug-likeness (QED) is 0.369. The predicted octanol–water partition coefficient (Wildman–Crippen LogP) is 4.11. The minimum Gasteiger partial charge on any atom is -0.395 e. The van der Waals surface area contributed by atoms with E-state index in [-0.39, 0.29) is 24.7 Å². The van der Waals surface area contributed by atoms with E-state index in [2.05, 4.69) is 20.9 Å². The fourth-order valence-corrected chi connectivity index (χ4v) is 3.47. The van der Waals surface area contributed by atoms with Gasteiger partial charge in [0.25, 0.3) is 5.91 Å². The van der Waals surface area contributed by atoms with Gasteiger partial charge in [0.2, 0.25) is 0 Å². The summed E-state index contributed by atoms with van der Waals surface area (Å²) >= 11 is 1.30. The van der Waals surface area contributed by atoms with Gasteiger partial charge in [-0.05, 0) is 29.8 Å². The maximum atomic E-state index is 13.1. The zero-order valence-corrected chi connectivity index (χ0v) is 17.2. The van der Waals surface area contributed by atoms with Crippen molar-refractivity contribution in [1.29, 1.82) is 0 Å². The van der Waals surface area contributed by atoms with Crippen LogP contribution in [0, 0.1) is 0 Å². The SMILES string of the molecule is O=C(Nc1nc(CNCCO)cs1)c1ccc(CNc2ccccc2C(F)(F)F)cc1. The largest absolute Gasteiger partial charge is 0.418 e. The molecule has 1 aromatic heterocycles. The highest BCUT2D eigenvalue weighted by Crippen LogP contribution is 2.34. The lowest BCUT2D eigenvalue weighted by atomic mass is 10.1. The van der Waals surface area contributed by atoms with Crippen LogP contribution in [0.15, 0.2) is 53.9 Å². The van der Waals surface area contributed by atoms with Crippen LogP contribution in [0.25, 0.3) is 0 Å². The summed E-state index contributed by atoms with van der Waals surface area (Å²) in [5, 5.41) is 19.6. The number of carbonyl (C=O) groups excluding carboxylic acids is 1. The van der Waals surface area contributed by atoms with Crippen molar-refractivity contribution in [1.82, 2.24) is 10.3 Å². The number of rotatable bonds is 9. The van der Waals surface area contributed by atoms with Crippen LogP contribution in [0.4, 0.5) is 24.0 Å². The first kappa shape index (κ1) is 22.7. The van der Waals surface area contributed by atoms with Crippen LogP contribution in [0.1, 0.15) is 27.2 Å². The van der Waals surface area contributed by atoms with Crippen molar-refractivity contribution in [2.45, 2.75) is 19.3 Å². The van der Waals surface area contributed by atoms with Crippen molar-refractivity contribution in [3.63, 3.8) is 0 Å². The number of nitrogens with one attached hydrogen (secondary N) is 3. The summed E-state index contributed by atoms with van der Waals surface area (Å²) in [6.45, 7) is 1.17. The first-order valence-corrected chi connectivity index (χ1v) is 10.3. The first-order chi connectivity index (χ1) is 14.9. The molecule has 0 radical (unpaired) electrons. The zero-order valence-electron chi connectivity index (χ0n) is 16.4. The summed E-state index contributed by atoms with van der Waals surface area (Å²) in [6, 6.07) is 11.9. The number of halogens is 3. The van der Waals surface area contributed by atoms with E-state index >= 15 is 0 Å². The highest BCUT2D eigenvalue weighted by molar-refractivity contribution is 7.13. The van der Waals surface area contributed by atoms with E-state index in [4.69, 9.17) is 5.11 Å². The topological polar surface area (TPSA) is 86.3 Å². The summed E-state index contributed by atoms with van der Waals surface area (Å²) < 4.78 is 39.2. The molecule has 0 aliphatic heterocycles. The van der Waals surface area contributed by atoms with Crippen LogP contribution < -0.4 is 16.0 Å². The number of carbonyl (C=O) groups is 1. The van der Waals surface area contributed by atoms with Crippen molar-refractivity contribution < 1.29 is 23.1 Å². The van der Waals surface area contributed by atoms with Gasteiger partial charge in [-0.25, -0.2) is 4.98 Å². The molecule has 4 N–H and O–H groups in total. The second kappa shape index (κ2) is 10.4. The molecule has 10 heteroatoms. The van der Waals surface area contributed by atoms with E-state index in [0.29, 0.717) is 23.8 Å². The fourth-order valence-electron chi connectivity index (χ4n) is 2.77. The smallest absolute Gasteiger partial charge is 0.395 e. The number of aromatic nitrogens is 1. The molecule has 6 nitrogen and oxygen atoms in total. The Kier molecular flexibility index (Phi) is 7.61. The lowest BCUT2D eigenvalue weighted by Gasteiger charge is -2.14. The molecule has 3 rings (SSSR count). The van der Waals surface area contributed by atoms with E-state index < -0.39 is 11.7 Å². The second-order valence-corrected chi connectivity index (χ2v) is 7.45. The summed E-state index contributed by atoms with van der Waals surface area (Å²) in [5.74, 6) is -0.328. The van der Waals surface area contributed by atoms with Crippen LogP contribution in [0.5, 0.6) is 0 Å². The molecule has 3 aromatic rings. The van der Waals surface area contributed by atoms with E-state index in [1.165, 1.54) is 29.5 Å². The Hall–Kier alpha value is -2.95. The molecule has 31 heavy (non-hydrogen) atoms. The number of aliphatic hydroxyl groups is 1. The van der Waals surface area contributed by atoms with E-state index in [1.807, 2.05) is 5.38 Å². The molecule has 0 fully saturated rings. The molecule has 0 spiro atoms. The monoisotopic (exact) mass is 450 g/mol. The van der Waals surface area contributed by atoms with Gasteiger partial charge >= 0.3 is 6.18 Å². The summed E-state index contributed by atoms with van der Waals surface area (Å²) in [5.41, 5.74) is 1.19. The molecule has 0 unspecified atom stereocenters. The zero-order chi connectivity index (χ0) is 22.3. The molecule has 164 valence electrons. The van der Waals surface area contributed by atoms with Gasteiger partial charge in [0.1, 0.15) is 0 Å². The van der Waals surface area contributed by atoms with Gasteiger partial charge in [-0.15, -0.1) is 11.3 Å². The summed E-state index contributed by atoms with van der Waals surface area (Å²) in [7, 11) is 0. The molecule has 0 aliphatic carbocycles. The van der Waals surface area contributed by atoms with Crippen molar-refractivity contribution in [3.05, 3.63) is 76.3 Å². The molecule has 2 aromatic carbocycles. The number of amides is 1. The number of para-hydroxylation sites is 1. The molecular weight excluding hydrogens is 429 g/mol. The number of aliphatic hydroxyl groups excluding tert-OH is 1. The van der Waals surface area contributed by atoms with Gasteiger partial charge in [0.15, 0.2) is 5.13 Å². The maximum absolute atomic E-state index is 13.1. The molecule has 0 bridgehead atoms. The van der Waals surface area contributed by atoms with Crippen LogP contribution in [-0.2, 0) is 19.3 Å². The summed E-state index contributed by atoms with van der Waals surface area (Å²) in [4.78, 5) is 16.7. The Labute approximate surface area is 181 Å². The standard InChI is InChI=1S/C21H21F3N4O2S/c22-21(23,24)17-3-1-2-4-18(17)26-11-14-5-7-15(8-6-14)19(30)28-20-27-16(13-31-20)12-25-9-10-29/h1-8,13,25-26,29H,9-12H2,(H,27,28,30). The highest BCUT2D eigenvalue weighted by atomic mass is 32.1. The van der Waals surface area contributed by atoms with Gasteiger partial charge < -0.3 is 15.7 Å². The molecule has 1 heterocycles. The van der Waals surface area contributed by atoms with Crippen molar-refractivity contribution >= 4 is 28.1 Å². The number of hydrogen-bond acceptors (Lipinski definition) is 6. The number of hydrogen-bond donors (Lipinski definition) is 4. The normalized spacial score (nSPS) is 11.4. The number of benzene rings is 2. The highest BCUT2D eigenvalue weighted by Gasteiger charge is 2.33. The Bertz CT molecular complexity index is 1010. The number of alkyl halides is 3. The van der Waals surface area contributed by atoms with E-state index in [0.717, 1.165) is 17.3 Å². The third-order valence-corrected chi connectivity index (χ3v) is 5.10. The van der Waals surface area contributed by atoms with Gasteiger partial charge in [-0.2, -0.15) is 13.2 Å². The number of nitrogens with zero attached hydrogens (tertiary/aromatic N) is 1. The number of anilines is 2. The fraction of sp³-hybridized carbons (Fsp3) is 0.238. The molecule has 1 amide bonds. The lowest BCUT2D eigenvalue weighted by molar-refractivity contribution is -0.137. The Morgan fingerprint density at radius 2 is 1.81 bits per heavy atom. The van der Waals surface area contributed by atoms with E-state index in [1.54, 1.807) is 24.3 Å². The maximum Gasteiger partial charge on any atom is 0.418 e. The third kappa shape index (κ3) is 6.51. The van der Waals surface area contributed by atoms with Crippen molar-refractivity contribution in [2.75, 3.05) is 23.8 Å². The second-order valence-electron chi connectivity index (χ2n) is 6.59. The molecule has 0 aliphatic rings. The van der Waals surface area contributed by atoms with Gasteiger partial charge in [0, 0.05) is 36.3 Å². The Morgan fingerprint density at radius 1 is 1.06 bits per heavy atom.